The lowest BCUT2D eigenvalue weighted by atomic mass is 10.6. The molecule has 1 rings (SSSR count). The van der Waals surface area contributed by atoms with Gasteiger partial charge in [0, 0.05) is 18.1 Å². The molecule has 0 N–H and O–H groups in total. The van der Waals surface area contributed by atoms with Gasteiger partial charge in [-0.05, 0) is 6.92 Å². The maximum atomic E-state index is 4.17. The van der Waals surface area contributed by atoms with Gasteiger partial charge in [0.1, 0.15) is 5.01 Å². The molecule has 0 fully saturated rings. The van der Waals surface area contributed by atoms with Gasteiger partial charge in [-0.15, -0.1) is 11.3 Å². The maximum Gasteiger partial charge on any atom is 0.134 e. The van der Waals surface area contributed by atoms with E-state index < -0.39 is 0 Å². The minimum Gasteiger partial charge on any atom is -0.293 e. The van der Waals surface area contributed by atoms with Crippen LogP contribution in [-0.2, 0) is 0 Å². The van der Waals surface area contributed by atoms with E-state index in [1.54, 1.807) is 24.6 Å². The molecule has 0 aliphatic carbocycles. The Morgan fingerprint density at radius 3 is 3.00 bits per heavy atom. The van der Waals surface area contributed by atoms with E-state index in [2.05, 4.69) is 9.98 Å². The number of nitrogens with zero attached hydrogens (tertiary/aromatic N) is 2. The van der Waals surface area contributed by atoms with E-state index in [1.807, 2.05) is 12.3 Å². The maximum absolute atomic E-state index is 4.17. The van der Waals surface area contributed by atoms with E-state index in [0.29, 0.717) is 0 Å². The lowest BCUT2D eigenvalue weighted by Gasteiger charge is -1.76. The highest BCUT2D eigenvalue weighted by atomic mass is 32.1. The van der Waals surface area contributed by atoms with Gasteiger partial charge < -0.3 is 0 Å². The van der Waals surface area contributed by atoms with Crippen LogP contribution < -0.4 is 0 Å². The molecule has 0 unspecified atom stereocenters. The minimum atomic E-state index is 0.981. The van der Waals surface area contributed by atoms with Crippen molar-refractivity contribution in [1.29, 1.82) is 0 Å². The van der Waals surface area contributed by atoms with Crippen molar-refractivity contribution in [3.05, 3.63) is 16.1 Å². The van der Waals surface area contributed by atoms with Gasteiger partial charge in [0.15, 0.2) is 0 Å². The first-order chi connectivity index (χ1) is 4.33. The average Bonchev–Trinajstić information content (AvgIpc) is 2.17. The molecule has 1 aromatic rings. The van der Waals surface area contributed by atoms with E-state index >= 15 is 0 Å². The highest BCUT2D eigenvalue weighted by molar-refractivity contribution is 7.11. The fraction of sp³-hybridized carbons (Fsp3) is 0.333. The topological polar surface area (TPSA) is 25.2 Å². The van der Waals surface area contributed by atoms with Crippen LogP contribution >= 0.6 is 11.3 Å². The highest BCUT2D eigenvalue weighted by Crippen LogP contribution is 2.04. The first-order valence-corrected chi connectivity index (χ1v) is 3.55. The number of aliphatic imine (C=N–C) groups is 1. The molecule has 0 aliphatic heterocycles. The van der Waals surface area contributed by atoms with Crippen LogP contribution in [0.15, 0.2) is 10.4 Å². The summed E-state index contributed by atoms with van der Waals surface area (Å²) in [5.41, 5.74) is 1.06. The molecule has 0 saturated carbocycles. The molecule has 1 heterocycles. The summed E-state index contributed by atoms with van der Waals surface area (Å²) < 4.78 is 0. The monoisotopic (exact) mass is 140 g/mol. The Morgan fingerprint density at radius 1 is 1.78 bits per heavy atom. The summed E-state index contributed by atoms with van der Waals surface area (Å²) in [6.45, 7) is 1.98. The first-order valence-electron chi connectivity index (χ1n) is 2.67. The van der Waals surface area contributed by atoms with Gasteiger partial charge in [0.2, 0.25) is 0 Å². The van der Waals surface area contributed by atoms with Gasteiger partial charge >= 0.3 is 0 Å². The average molecular weight is 140 g/mol. The van der Waals surface area contributed by atoms with Gasteiger partial charge in [-0.2, -0.15) is 0 Å². The number of thiazole rings is 1. The third-order valence-electron chi connectivity index (χ3n) is 0.876. The number of hydrogen-bond donors (Lipinski definition) is 0. The van der Waals surface area contributed by atoms with E-state index in [4.69, 9.17) is 0 Å². The van der Waals surface area contributed by atoms with E-state index in [-0.39, 0.29) is 0 Å². The summed E-state index contributed by atoms with van der Waals surface area (Å²) in [5.74, 6) is 0. The molecule has 1 aromatic heterocycles. The molecular weight excluding hydrogens is 132 g/mol. The van der Waals surface area contributed by atoms with Gasteiger partial charge in [-0.3, -0.25) is 4.99 Å². The molecule has 0 saturated heterocycles. The zero-order valence-electron chi connectivity index (χ0n) is 5.46. The Morgan fingerprint density at radius 2 is 2.56 bits per heavy atom. The predicted molar refractivity (Wildman–Crippen MR) is 40.4 cm³/mol. The summed E-state index contributed by atoms with van der Waals surface area (Å²) in [6, 6.07) is 0. The fourth-order valence-corrected chi connectivity index (χ4v) is 1.25. The van der Waals surface area contributed by atoms with Crippen molar-refractivity contribution in [3.8, 4) is 0 Å². The molecule has 3 heteroatoms. The Hall–Kier alpha value is -0.700. The number of hydrogen-bond acceptors (Lipinski definition) is 3. The van der Waals surface area contributed by atoms with Crippen molar-refractivity contribution in [2.24, 2.45) is 4.99 Å². The fourth-order valence-electron chi connectivity index (χ4n) is 0.542. The van der Waals surface area contributed by atoms with Crippen molar-refractivity contribution in [3.63, 3.8) is 0 Å². The molecule has 0 spiro atoms. The third kappa shape index (κ3) is 1.61. The van der Waals surface area contributed by atoms with Crippen LogP contribution in [0.25, 0.3) is 0 Å². The van der Waals surface area contributed by atoms with Crippen molar-refractivity contribution in [2.45, 2.75) is 6.92 Å². The number of rotatable bonds is 1. The second kappa shape index (κ2) is 2.73. The van der Waals surface area contributed by atoms with E-state index in [9.17, 15) is 0 Å². The van der Waals surface area contributed by atoms with Gasteiger partial charge in [-0.25, -0.2) is 4.98 Å². The quantitative estimate of drug-likeness (QED) is 0.543. The first kappa shape index (κ1) is 6.42. The molecule has 0 amide bonds. The molecule has 0 atom stereocenters. The van der Waals surface area contributed by atoms with Crippen LogP contribution in [0.2, 0.25) is 0 Å². The molecular formula is C6H8N2S. The Labute approximate surface area is 58.3 Å². The molecule has 0 aliphatic rings. The van der Waals surface area contributed by atoms with Gasteiger partial charge in [-0.1, -0.05) is 0 Å². The summed E-state index contributed by atoms with van der Waals surface area (Å²) >= 11 is 1.61. The van der Waals surface area contributed by atoms with E-state index in [1.165, 1.54) is 0 Å². The summed E-state index contributed by atoms with van der Waals surface area (Å²) in [6.07, 6.45) is 1.76. The molecule has 48 valence electrons. The predicted octanol–water partition coefficient (Wildman–Crippen LogP) is 1.50. The summed E-state index contributed by atoms with van der Waals surface area (Å²) in [5, 5.41) is 2.99. The van der Waals surface area contributed by atoms with Crippen molar-refractivity contribution in [1.82, 2.24) is 4.98 Å². The van der Waals surface area contributed by atoms with Crippen molar-refractivity contribution in [2.75, 3.05) is 7.05 Å². The van der Waals surface area contributed by atoms with Gasteiger partial charge in [0.05, 0.1) is 6.21 Å². The third-order valence-corrected chi connectivity index (χ3v) is 1.77. The Balaban J connectivity index is 2.85. The largest absolute Gasteiger partial charge is 0.293 e. The smallest absolute Gasteiger partial charge is 0.134 e. The molecule has 9 heavy (non-hydrogen) atoms. The lowest BCUT2D eigenvalue weighted by molar-refractivity contribution is 1.25. The van der Waals surface area contributed by atoms with Crippen LogP contribution in [0.3, 0.4) is 0 Å². The standard InChI is InChI=1S/C6H8N2S/c1-5-4-9-6(8-5)3-7-2/h3-4H,1-2H3. The molecule has 0 bridgehead atoms. The Bertz CT molecular complexity index is 215. The highest BCUT2D eigenvalue weighted by Gasteiger charge is 1.90. The van der Waals surface area contributed by atoms with Crippen molar-refractivity contribution >= 4 is 17.6 Å². The zero-order chi connectivity index (χ0) is 6.69. The second-order valence-corrected chi connectivity index (χ2v) is 2.60. The second-order valence-electron chi connectivity index (χ2n) is 1.71. The summed E-state index contributed by atoms with van der Waals surface area (Å²) in [4.78, 5) is 8.01. The van der Waals surface area contributed by atoms with Crippen LogP contribution in [0.4, 0.5) is 0 Å². The Kier molecular flexibility index (Phi) is 1.95. The van der Waals surface area contributed by atoms with E-state index in [0.717, 1.165) is 10.7 Å². The molecule has 0 radical (unpaired) electrons. The number of aromatic nitrogens is 1. The van der Waals surface area contributed by atoms with Crippen LogP contribution in [0.1, 0.15) is 10.7 Å². The van der Waals surface area contributed by atoms with Crippen LogP contribution in [-0.4, -0.2) is 18.2 Å². The SMILES string of the molecule is CN=Cc1nc(C)cs1. The molecule has 2 nitrogen and oxygen atoms in total. The minimum absolute atomic E-state index is 0.981. The zero-order valence-corrected chi connectivity index (χ0v) is 6.27. The lowest BCUT2D eigenvalue weighted by Crippen LogP contribution is -1.77. The number of aryl methyl sites for hydroxylation is 1. The van der Waals surface area contributed by atoms with Gasteiger partial charge in [0.25, 0.3) is 0 Å². The van der Waals surface area contributed by atoms with Crippen LogP contribution in [0.5, 0.6) is 0 Å². The van der Waals surface area contributed by atoms with Crippen molar-refractivity contribution < 1.29 is 0 Å². The molecule has 0 aromatic carbocycles. The van der Waals surface area contributed by atoms with Crippen LogP contribution in [0, 0.1) is 6.92 Å². The summed E-state index contributed by atoms with van der Waals surface area (Å²) in [7, 11) is 1.75. The normalized spacial score (nSPS) is 10.9.